The first-order valence-corrected chi connectivity index (χ1v) is 4.45. The highest BCUT2D eigenvalue weighted by molar-refractivity contribution is 7.80. The third-order valence-corrected chi connectivity index (χ3v) is 1.86. The Hall–Kier alpha value is -1.16. The van der Waals surface area contributed by atoms with Gasteiger partial charge >= 0.3 is 0 Å². The number of aryl methyl sites for hydroxylation is 1. The molecule has 0 bridgehead atoms. The van der Waals surface area contributed by atoms with E-state index in [1.165, 1.54) is 0 Å². The number of thiocarbonyl (C=S) groups is 1. The molecule has 0 aliphatic carbocycles. The first kappa shape index (κ1) is 9.92. The molecule has 0 atom stereocenters. The minimum atomic E-state index is 0.328. The van der Waals surface area contributed by atoms with Crippen molar-refractivity contribution in [1.29, 1.82) is 0 Å². The Bertz CT molecular complexity index is 325. The summed E-state index contributed by atoms with van der Waals surface area (Å²) in [5.74, 6) is 0.523. The number of hydrogen-bond donors (Lipinski definition) is 1. The van der Waals surface area contributed by atoms with Crippen molar-refractivity contribution in [2.75, 3.05) is 6.61 Å². The van der Waals surface area contributed by atoms with Crippen LogP contribution in [0.2, 0.25) is 0 Å². The summed E-state index contributed by atoms with van der Waals surface area (Å²) in [7, 11) is 0. The van der Waals surface area contributed by atoms with Gasteiger partial charge in [-0.15, -0.1) is 0 Å². The van der Waals surface area contributed by atoms with Crippen LogP contribution in [-0.2, 0) is 0 Å². The largest absolute Gasteiger partial charge is 0.477 e. The third-order valence-electron chi connectivity index (χ3n) is 1.65. The molecule has 0 aliphatic rings. The minimum absolute atomic E-state index is 0.328. The van der Waals surface area contributed by atoms with Gasteiger partial charge in [0.05, 0.1) is 12.2 Å². The molecule has 0 fully saturated rings. The Labute approximate surface area is 82.9 Å². The van der Waals surface area contributed by atoms with E-state index in [1.54, 1.807) is 6.20 Å². The van der Waals surface area contributed by atoms with Crippen molar-refractivity contribution < 1.29 is 4.74 Å². The fraction of sp³-hybridized carbons (Fsp3) is 0.333. The Kier molecular flexibility index (Phi) is 3.19. The summed E-state index contributed by atoms with van der Waals surface area (Å²) in [5, 5.41) is 0. The Morgan fingerprint density at radius 2 is 2.38 bits per heavy atom. The van der Waals surface area contributed by atoms with Crippen LogP contribution in [0.25, 0.3) is 0 Å². The molecule has 2 N–H and O–H groups in total. The molecule has 4 heteroatoms. The summed E-state index contributed by atoms with van der Waals surface area (Å²) in [6, 6.07) is 1.86. The number of aromatic nitrogens is 1. The van der Waals surface area contributed by atoms with Crippen LogP contribution >= 0.6 is 12.2 Å². The number of ether oxygens (including phenoxy) is 1. The van der Waals surface area contributed by atoms with E-state index < -0.39 is 0 Å². The van der Waals surface area contributed by atoms with Gasteiger partial charge in [-0.25, -0.2) is 4.98 Å². The van der Waals surface area contributed by atoms with Crippen molar-refractivity contribution in [3.05, 3.63) is 23.4 Å². The molecule has 0 saturated carbocycles. The monoisotopic (exact) mass is 196 g/mol. The van der Waals surface area contributed by atoms with E-state index in [0.717, 1.165) is 11.1 Å². The van der Waals surface area contributed by atoms with Crippen LogP contribution < -0.4 is 10.5 Å². The molecule has 1 aromatic heterocycles. The van der Waals surface area contributed by atoms with Gasteiger partial charge in [-0.1, -0.05) is 12.2 Å². The highest BCUT2D eigenvalue weighted by Crippen LogP contribution is 2.18. The Morgan fingerprint density at radius 3 is 2.92 bits per heavy atom. The maximum atomic E-state index is 5.56. The zero-order chi connectivity index (χ0) is 9.84. The number of hydrogen-bond acceptors (Lipinski definition) is 3. The average Bonchev–Trinajstić information content (AvgIpc) is 2.04. The molecule has 0 radical (unpaired) electrons. The maximum absolute atomic E-state index is 5.56. The summed E-state index contributed by atoms with van der Waals surface area (Å²) < 4.78 is 5.30. The van der Waals surface area contributed by atoms with E-state index >= 15 is 0 Å². The first-order valence-electron chi connectivity index (χ1n) is 4.05. The topological polar surface area (TPSA) is 48.1 Å². The molecule has 13 heavy (non-hydrogen) atoms. The van der Waals surface area contributed by atoms with Crippen molar-refractivity contribution in [3.63, 3.8) is 0 Å². The molecule has 0 aromatic carbocycles. The summed E-state index contributed by atoms with van der Waals surface area (Å²) >= 11 is 4.91. The molecule has 0 aliphatic heterocycles. The third kappa shape index (κ3) is 2.15. The van der Waals surface area contributed by atoms with Crippen LogP contribution in [0, 0.1) is 6.92 Å². The zero-order valence-corrected chi connectivity index (χ0v) is 8.52. The summed E-state index contributed by atoms with van der Waals surface area (Å²) in [6.45, 7) is 4.39. The van der Waals surface area contributed by atoms with Crippen molar-refractivity contribution in [3.8, 4) is 5.88 Å². The normalized spacial score (nSPS) is 9.69. The molecular formula is C9H12N2OS. The second-order valence-electron chi connectivity index (χ2n) is 2.61. The van der Waals surface area contributed by atoms with Crippen molar-refractivity contribution in [2.45, 2.75) is 13.8 Å². The molecule has 0 unspecified atom stereocenters. The Morgan fingerprint density at radius 1 is 1.69 bits per heavy atom. The molecule has 3 nitrogen and oxygen atoms in total. The summed E-state index contributed by atoms with van der Waals surface area (Å²) in [6.07, 6.45) is 1.68. The summed E-state index contributed by atoms with van der Waals surface area (Å²) in [5.41, 5.74) is 7.28. The Balaban J connectivity index is 3.17. The number of nitrogens with zero attached hydrogens (tertiary/aromatic N) is 1. The van der Waals surface area contributed by atoms with Crippen LogP contribution in [0.1, 0.15) is 18.1 Å². The molecule has 0 saturated heterocycles. The van der Waals surface area contributed by atoms with Crippen molar-refractivity contribution in [1.82, 2.24) is 4.98 Å². The molecule has 1 rings (SSSR count). The average molecular weight is 196 g/mol. The van der Waals surface area contributed by atoms with Gasteiger partial charge in [0.2, 0.25) is 5.88 Å². The van der Waals surface area contributed by atoms with E-state index in [1.807, 2.05) is 19.9 Å². The van der Waals surface area contributed by atoms with Crippen LogP contribution in [0.5, 0.6) is 5.88 Å². The zero-order valence-electron chi connectivity index (χ0n) is 7.70. The number of pyridine rings is 1. The first-order chi connectivity index (χ1) is 6.16. The predicted molar refractivity (Wildman–Crippen MR) is 56.0 cm³/mol. The van der Waals surface area contributed by atoms with Crippen LogP contribution in [-0.4, -0.2) is 16.6 Å². The van der Waals surface area contributed by atoms with Crippen LogP contribution in [0.15, 0.2) is 12.3 Å². The summed E-state index contributed by atoms with van der Waals surface area (Å²) in [4.78, 5) is 4.39. The quantitative estimate of drug-likeness (QED) is 0.743. The van der Waals surface area contributed by atoms with E-state index in [4.69, 9.17) is 22.7 Å². The lowest BCUT2D eigenvalue weighted by atomic mass is 10.1. The molecule has 1 heterocycles. The van der Waals surface area contributed by atoms with Gasteiger partial charge in [-0.2, -0.15) is 0 Å². The van der Waals surface area contributed by atoms with Crippen molar-refractivity contribution >= 4 is 17.2 Å². The molecule has 70 valence electrons. The predicted octanol–water partition coefficient (Wildman–Crippen LogP) is 1.42. The highest BCUT2D eigenvalue weighted by atomic mass is 32.1. The molecule has 0 amide bonds. The highest BCUT2D eigenvalue weighted by Gasteiger charge is 2.09. The molecule has 0 spiro atoms. The van der Waals surface area contributed by atoms with E-state index in [9.17, 15) is 0 Å². The number of nitrogens with two attached hydrogens (primary N) is 1. The molecular weight excluding hydrogens is 184 g/mol. The van der Waals surface area contributed by atoms with Gasteiger partial charge < -0.3 is 10.5 Å². The van der Waals surface area contributed by atoms with E-state index in [-0.39, 0.29) is 0 Å². The van der Waals surface area contributed by atoms with Gasteiger partial charge in [-0.05, 0) is 25.5 Å². The van der Waals surface area contributed by atoms with E-state index in [0.29, 0.717) is 17.5 Å². The lowest BCUT2D eigenvalue weighted by Gasteiger charge is -2.09. The van der Waals surface area contributed by atoms with E-state index in [2.05, 4.69) is 4.98 Å². The number of rotatable bonds is 3. The van der Waals surface area contributed by atoms with Crippen molar-refractivity contribution in [2.24, 2.45) is 5.73 Å². The lowest BCUT2D eigenvalue weighted by molar-refractivity contribution is 0.326. The van der Waals surface area contributed by atoms with Gasteiger partial charge in [0.1, 0.15) is 4.99 Å². The van der Waals surface area contributed by atoms with Crippen LogP contribution in [0.4, 0.5) is 0 Å². The smallest absolute Gasteiger partial charge is 0.223 e. The SMILES string of the molecule is CCOc1nccc(C)c1C(N)=S. The van der Waals surface area contributed by atoms with Gasteiger partial charge in [0.25, 0.3) is 0 Å². The van der Waals surface area contributed by atoms with Gasteiger partial charge in [0, 0.05) is 6.20 Å². The second kappa shape index (κ2) is 4.18. The van der Waals surface area contributed by atoms with Crippen LogP contribution in [0.3, 0.4) is 0 Å². The fourth-order valence-electron chi connectivity index (χ4n) is 1.08. The fourth-order valence-corrected chi connectivity index (χ4v) is 1.33. The second-order valence-corrected chi connectivity index (χ2v) is 3.05. The van der Waals surface area contributed by atoms with Gasteiger partial charge in [0.15, 0.2) is 0 Å². The lowest BCUT2D eigenvalue weighted by Crippen LogP contribution is -2.14. The molecule has 1 aromatic rings. The van der Waals surface area contributed by atoms with Gasteiger partial charge in [-0.3, -0.25) is 0 Å². The standard InChI is InChI=1S/C9H12N2OS/c1-3-12-9-7(8(10)13)6(2)4-5-11-9/h4-5H,3H2,1-2H3,(H2,10,13). The minimum Gasteiger partial charge on any atom is -0.477 e. The maximum Gasteiger partial charge on any atom is 0.223 e.